The highest BCUT2D eigenvalue weighted by Gasteiger charge is 2.36. The standard InChI is InChI=1S/C18H25N3O4S2/c1-2-9-19-27(24,25)13-7-8-15-14(12-13)20-17(22)16(26-15)18(23)21-10-5-3-4-6-11-21/h7-8,12,16,19H,2-6,9-11H2,1H3,(H,20,22)/t16-/m1/s1. The van der Waals surface area contributed by atoms with Gasteiger partial charge in [0.1, 0.15) is 0 Å². The zero-order valence-electron chi connectivity index (χ0n) is 15.4. The van der Waals surface area contributed by atoms with Crippen LogP contribution in [0.4, 0.5) is 5.69 Å². The van der Waals surface area contributed by atoms with Gasteiger partial charge in [0.05, 0.1) is 10.6 Å². The summed E-state index contributed by atoms with van der Waals surface area (Å²) in [6, 6.07) is 4.61. The summed E-state index contributed by atoms with van der Waals surface area (Å²) in [4.78, 5) is 27.9. The average Bonchev–Trinajstić information content (AvgIpc) is 2.94. The molecule has 2 N–H and O–H groups in total. The fourth-order valence-electron chi connectivity index (χ4n) is 3.19. The summed E-state index contributed by atoms with van der Waals surface area (Å²) >= 11 is 1.19. The molecule has 0 saturated carbocycles. The van der Waals surface area contributed by atoms with Gasteiger partial charge in [-0.05, 0) is 37.5 Å². The summed E-state index contributed by atoms with van der Waals surface area (Å²) in [5, 5.41) is 1.89. The van der Waals surface area contributed by atoms with Crippen molar-refractivity contribution in [2.75, 3.05) is 25.0 Å². The van der Waals surface area contributed by atoms with Gasteiger partial charge in [-0.15, -0.1) is 11.8 Å². The number of anilines is 1. The van der Waals surface area contributed by atoms with E-state index >= 15 is 0 Å². The third-order valence-corrected chi connectivity index (χ3v) is 7.41. The van der Waals surface area contributed by atoms with Gasteiger partial charge >= 0.3 is 0 Å². The number of rotatable bonds is 5. The highest BCUT2D eigenvalue weighted by Crippen LogP contribution is 2.37. The van der Waals surface area contributed by atoms with E-state index in [2.05, 4.69) is 10.0 Å². The molecule has 7 nitrogen and oxygen atoms in total. The van der Waals surface area contributed by atoms with E-state index in [1.807, 2.05) is 6.92 Å². The van der Waals surface area contributed by atoms with Crippen LogP contribution in [-0.2, 0) is 19.6 Å². The molecular formula is C18H25N3O4S2. The summed E-state index contributed by atoms with van der Waals surface area (Å²) < 4.78 is 27.1. The lowest BCUT2D eigenvalue weighted by atomic mass is 10.2. The highest BCUT2D eigenvalue weighted by atomic mass is 32.2. The minimum Gasteiger partial charge on any atom is -0.341 e. The molecule has 1 aromatic carbocycles. The Kier molecular flexibility index (Phi) is 6.44. The predicted octanol–water partition coefficient (Wildman–Crippen LogP) is 2.19. The molecule has 1 saturated heterocycles. The second-order valence-corrected chi connectivity index (χ2v) is 9.70. The number of sulfonamides is 1. The summed E-state index contributed by atoms with van der Waals surface area (Å²) in [5.41, 5.74) is 0.435. The molecule has 0 bridgehead atoms. The zero-order chi connectivity index (χ0) is 19.4. The lowest BCUT2D eigenvalue weighted by molar-refractivity contribution is -0.133. The number of carbonyl (C=O) groups excluding carboxylic acids is 2. The molecule has 2 aliphatic rings. The van der Waals surface area contributed by atoms with Crippen LogP contribution in [0.3, 0.4) is 0 Å². The quantitative estimate of drug-likeness (QED) is 0.724. The van der Waals surface area contributed by atoms with Crippen molar-refractivity contribution in [1.29, 1.82) is 0 Å². The molecule has 0 spiro atoms. The van der Waals surface area contributed by atoms with Crippen molar-refractivity contribution in [2.24, 2.45) is 0 Å². The normalized spacial score (nSPS) is 20.6. The summed E-state index contributed by atoms with van der Waals surface area (Å²) in [6.07, 6.45) is 4.84. The van der Waals surface area contributed by atoms with E-state index in [4.69, 9.17) is 0 Å². The first kappa shape index (κ1) is 20.2. The molecule has 0 aromatic heterocycles. The van der Waals surface area contributed by atoms with Crippen LogP contribution in [0.15, 0.2) is 28.0 Å². The van der Waals surface area contributed by atoms with Crippen molar-refractivity contribution in [3.05, 3.63) is 18.2 Å². The van der Waals surface area contributed by atoms with Crippen LogP contribution < -0.4 is 10.0 Å². The Balaban J connectivity index is 1.77. The van der Waals surface area contributed by atoms with Crippen molar-refractivity contribution in [1.82, 2.24) is 9.62 Å². The van der Waals surface area contributed by atoms with Crippen LogP contribution in [0, 0.1) is 0 Å². The maximum atomic E-state index is 12.8. The molecule has 0 aliphatic carbocycles. The topological polar surface area (TPSA) is 95.6 Å². The SMILES string of the molecule is CCCNS(=O)(=O)c1ccc2c(c1)NC(=O)[C@H](C(=O)N1CCCCCC1)S2. The van der Waals surface area contributed by atoms with E-state index in [0.717, 1.165) is 25.7 Å². The van der Waals surface area contributed by atoms with E-state index in [9.17, 15) is 18.0 Å². The minimum absolute atomic E-state index is 0.105. The Labute approximate surface area is 164 Å². The third kappa shape index (κ3) is 4.64. The van der Waals surface area contributed by atoms with Crippen molar-refractivity contribution in [3.8, 4) is 0 Å². The Morgan fingerprint density at radius 3 is 2.63 bits per heavy atom. The third-order valence-electron chi connectivity index (χ3n) is 4.69. The van der Waals surface area contributed by atoms with E-state index in [1.54, 1.807) is 11.0 Å². The first-order valence-electron chi connectivity index (χ1n) is 9.32. The number of likely N-dealkylation sites (tertiary alicyclic amines) is 1. The van der Waals surface area contributed by atoms with E-state index in [-0.39, 0.29) is 10.8 Å². The molecule has 3 rings (SSSR count). The maximum Gasteiger partial charge on any atom is 0.247 e. The number of fused-ring (bicyclic) bond motifs is 1. The van der Waals surface area contributed by atoms with Gasteiger partial charge < -0.3 is 10.2 Å². The Bertz CT molecular complexity index is 818. The summed E-state index contributed by atoms with van der Waals surface area (Å²) in [6.45, 7) is 3.62. The van der Waals surface area contributed by atoms with Gasteiger partial charge in [-0.2, -0.15) is 0 Å². The molecule has 2 aliphatic heterocycles. The van der Waals surface area contributed by atoms with E-state index in [1.165, 1.54) is 23.9 Å². The number of nitrogens with zero attached hydrogens (tertiary/aromatic N) is 1. The van der Waals surface area contributed by atoms with Gasteiger partial charge in [-0.1, -0.05) is 19.8 Å². The maximum absolute atomic E-state index is 12.8. The number of thioether (sulfide) groups is 1. The summed E-state index contributed by atoms with van der Waals surface area (Å²) in [7, 11) is -3.61. The number of hydrogen-bond acceptors (Lipinski definition) is 5. The molecule has 2 heterocycles. The second kappa shape index (κ2) is 8.62. The zero-order valence-corrected chi connectivity index (χ0v) is 17.0. The predicted molar refractivity (Wildman–Crippen MR) is 105 cm³/mol. The van der Waals surface area contributed by atoms with Gasteiger partial charge in [0.2, 0.25) is 21.8 Å². The first-order chi connectivity index (χ1) is 12.9. The first-order valence-corrected chi connectivity index (χ1v) is 11.7. The molecule has 9 heteroatoms. The number of nitrogens with one attached hydrogen (secondary N) is 2. The molecule has 2 amide bonds. The van der Waals surface area contributed by atoms with Gasteiger partial charge in [0.25, 0.3) is 0 Å². The average molecular weight is 412 g/mol. The molecule has 1 atom stereocenters. The van der Waals surface area contributed by atoms with Crippen LogP contribution in [0.2, 0.25) is 0 Å². The van der Waals surface area contributed by atoms with Crippen molar-refractivity contribution in [3.63, 3.8) is 0 Å². The van der Waals surface area contributed by atoms with Crippen LogP contribution in [0.5, 0.6) is 0 Å². The fraction of sp³-hybridized carbons (Fsp3) is 0.556. The van der Waals surface area contributed by atoms with Crippen molar-refractivity contribution < 1.29 is 18.0 Å². The van der Waals surface area contributed by atoms with Crippen molar-refractivity contribution in [2.45, 2.75) is 54.1 Å². The molecule has 27 heavy (non-hydrogen) atoms. The van der Waals surface area contributed by atoms with Crippen LogP contribution in [-0.4, -0.2) is 50.0 Å². The van der Waals surface area contributed by atoms with Gasteiger partial charge in [0.15, 0.2) is 5.25 Å². The van der Waals surface area contributed by atoms with Gasteiger partial charge in [-0.3, -0.25) is 9.59 Å². The van der Waals surface area contributed by atoms with Crippen molar-refractivity contribution >= 4 is 39.3 Å². The van der Waals surface area contributed by atoms with Gasteiger partial charge in [0, 0.05) is 24.5 Å². The lowest BCUT2D eigenvalue weighted by Gasteiger charge is -2.28. The van der Waals surface area contributed by atoms with Gasteiger partial charge in [-0.25, -0.2) is 13.1 Å². The molecule has 0 radical (unpaired) electrons. The minimum atomic E-state index is -3.61. The molecule has 1 fully saturated rings. The van der Waals surface area contributed by atoms with E-state index < -0.39 is 21.2 Å². The summed E-state index contributed by atoms with van der Waals surface area (Å²) in [5.74, 6) is -0.552. The Hall–Kier alpha value is -1.58. The van der Waals surface area contributed by atoms with E-state index in [0.29, 0.717) is 36.6 Å². The number of amides is 2. The van der Waals surface area contributed by atoms with Crippen LogP contribution in [0.1, 0.15) is 39.0 Å². The Morgan fingerprint density at radius 1 is 1.26 bits per heavy atom. The molecular weight excluding hydrogens is 386 g/mol. The van der Waals surface area contributed by atoms with Crippen LogP contribution >= 0.6 is 11.8 Å². The Morgan fingerprint density at radius 2 is 1.96 bits per heavy atom. The lowest BCUT2D eigenvalue weighted by Crippen LogP contribution is -2.45. The largest absolute Gasteiger partial charge is 0.341 e. The smallest absolute Gasteiger partial charge is 0.247 e. The number of hydrogen-bond donors (Lipinski definition) is 2. The highest BCUT2D eigenvalue weighted by molar-refractivity contribution is 8.01. The second-order valence-electron chi connectivity index (χ2n) is 6.78. The molecule has 148 valence electrons. The number of carbonyl (C=O) groups is 2. The monoisotopic (exact) mass is 411 g/mol. The molecule has 0 unspecified atom stereocenters. The fourth-order valence-corrected chi connectivity index (χ4v) is 5.41. The van der Waals surface area contributed by atoms with Crippen LogP contribution in [0.25, 0.3) is 0 Å². The molecule has 1 aromatic rings. The number of benzene rings is 1.